The van der Waals surface area contributed by atoms with Crippen molar-refractivity contribution in [3.05, 3.63) is 66.2 Å². The van der Waals surface area contributed by atoms with Gasteiger partial charge in [0.15, 0.2) is 0 Å². The number of carbonyl (C=O) groups is 1. The average Bonchev–Trinajstić information content (AvgIpc) is 2.69. The van der Waals surface area contributed by atoms with E-state index in [1.165, 1.54) is 4.31 Å². The van der Waals surface area contributed by atoms with Crippen LogP contribution in [0.1, 0.15) is 5.56 Å². The van der Waals surface area contributed by atoms with Crippen molar-refractivity contribution < 1.29 is 17.9 Å². The SMILES string of the molecule is O=C(COCc1ccccc1)N1CCN(S(=O)(=O)c2ccccc2)CC1. The Morgan fingerprint density at radius 3 is 2.08 bits per heavy atom. The minimum atomic E-state index is -3.50. The van der Waals surface area contributed by atoms with Crippen molar-refractivity contribution in [3.8, 4) is 0 Å². The number of hydrogen-bond donors (Lipinski definition) is 0. The van der Waals surface area contributed by atoms with E-state index in [0.29, 0.717) is 32.8 Å². The minimum Gasteiger partial charge on any atom is -0.367 e. The molecule has 7 heteroatoms. The molecule has 2 aromatic carbocycles. The Hall–Kier alpha value is -2.22. The maximum absolute atomic E-state index is 12.6. The third kappa shape index (κ3) is 4.49. The van der Waals surface area contributed by atoms with Crippen LogP contribution in [0, 0.1) is 0 Å². The standard InChI is InChI=1S/C19H22N2O4S/c22-19(16-25-15-17-7-3-1-4-8-17)20-11-13-21(14-12-20)26(23,24)18-9-5-2-6-10-18/h1-10H,11-16H2. The van der Waals surface area contributed by atoms with Gasteiger partial charge in [-0.05, 0) is 17.7 Å². The average molecular weight is 374 g/mol. The summed E-state index contributed by atoms with van der Waals surface area (Å²) >= 11 is 0. The maximum Gasteiger partial charge on any atom is 0.248 e. The Balaban J connectivity index is 1.48. The molecular weight excluding hydrogens is 352 g/mol. The zero-order valence-electron chi connectivity index (χ0n) is 14.5. The highest BCUT2D eigenvalue weighted by Gasteiger charge is 2.29. The van der Waals surface area contributed by atoms with Crippen LogP contribution in [0.4, 0.5) is 0 Å². The highest BCUT2D eigenvalue weighted by Crippen LogP contribution is 2.17. The number of sulfonamides is 1. The van der Waals surface area contributed by atoms with Crippen LogP contribution in [0.15, 0.2) is 65.6 Å². The summed E-state index contributed by atoms with van der Waals surface area (Å²) in [4.78, 5) is 14.2. The molecule has 0 spiro atoms. The summed E-state index contributed by atoms with van der Waals surface area (Å²) in [5.74, 6) is -0.113. The Labute approximate surface area is 154 Å². The first kappa shape index (κ1) is 18.6. The third-order valence-corrected chi connectivity index (χ3v) is 6.22. The summed E-state index contributed by atoms with van der Waals surface area (Å²) in [6.07, 6.45) is 0. The molecule has 2 aromatic rings. The number of hydrogen-bond acceptors (Lipinski definition) is 4. The van der Waals surface area contributed by atoms with Crippen molar-refractivity contribution >= 4 is 15.9 Å². The zero-order chi connectivity index (χ0) is 18.4. The molecule has 6 nitrogen and oxygen atoms in total. The van der Waals surface area contributed by atoms with E-state index in [1.807, 2.05) is 30.3 Å². The predicted molar refractivity (Wildman–Crippen MR) is 97.9 cm³/mol. The Kier molecular flexibility index (Phi) is 6.03. The molecule has 0 aromatic heterocycles. The molecule has 138 valence electrons. The lowest BCUT2D eigenvalue weighted by Crippen LogP contribution is -2.51. The summed E-state index contributed by atoms with van der Waals surface area (Å²) in [6, 6.07) is 18.0. The lowest BCUT2D eigenvalue weighted by molar-refractivity contribution is -0.137. The molecule has 0 atom stereocenters. The molecule has 1 fully saturated rings. The van der Waals surface area contributed by atoms with Gasteiger partial charge in [-0.15, -0.1) is 0 Å². The molecule has 1 aliphatic heterocycles. The zero-order valence-corrected chi connectivity index (χ0v) is 15.3. The third-order valence-electron chi connectivity index (χ3n) is 4.31. The molecule has 0 saturated carbocycles. The molecule has 1 amide bonds. The lowest BCUT2D eigenvalue weighted by atomic mass is 10.2. The fourth-order valence-corrected chi connectivity index (χ4v) is 4.28. The van der Waals surface area contributed by atoms with Crippen molar-refractivity contribution in [2.24, 2.45) is 0 Å². The van der Waals surface area contributed by atoms with Gasteiger partial charge in [0.2, 0.25) is 15.9 Å². The summed E-state index contributed by atoms with van der Waals surface area (Å²) in [6.45, 7) is 1.72. The number of rotatable bonds is 6. The van der Waals surface area contributed by atoms with Gasteiger partial charge in [0.25, 0.3) is 0 Å². The minimum absolute atomic E-state index is 0.000327. The van der Waals surface area contributed by atoms with Crippen LogP contribution in [0.3, 0.4) is 0 Å². The monoisotopic (exact) mass is 374 g/mol. The highest BCUT2D eigenvalue weighted by molar-refractivity contribution is 7.89. The van der Waals surface area contributed by atoms with Gasteiger partial charge in [0.1, 0.15) is 6.61 Å². The van der Waals surface area contributed by atoms with E-state index in [1.54, 1.807) is 35.2 Å². The molecule has 0 bridgehead atoms. The van der Waals surface area contributed by atoms with Crippen molar-refractivity contribution in [2.45, 2.75) is 11.5 Å². The van der Waals surface area contributed by atoms with Gasteiger partial charge in [-0.3, -0.25) is 4.79 Å². The van der Waals surface area contributed by atoms with Crippen molar-refractivity contribution in [2.75, 3.05) is 32.8 Å². The lowest BCUT2D eigenvalue weighted by Gasteiger charge is -2.34. The number of benzene rings is 2. The van der Waals surface area contributed by atoms with E-state index in [4.69, 9.17) is 4.74 Å². The molecule has 1 heterocycles. The van der Waals surface area contributed by atoms with Gasteiger partial charge in [0, 0.05) is 26.2 Å². The molecule has 0 radical (unpaired) electrons. The molecule has 1 aliphatic rings. The Morgan fingerprint density at radius 1 is 0.885 bits per heavy atom. The Bertz CT molecular complexity index is 817. The van der Waals surface area contributed by atoms with Crippen molar-refractivity contribution in [1.82, 2.24) is 9.21 Å². The molecule has 0 unspecified atom stereocenters. The molecule has 26 heavy (non-hydrogen) atoms. The first-order valence-corrected chi connectivity index (χ1v) is 9.96. The largest absolute Gasteiger partial charge is 0.367 e. The van der Waals surface area contributed by atoms with Gasteiger partial charge < -0.3 is 9.64 Å². The number of carbonyl (C=O) groups excluding carboxylic acids is 1. The molecule has 1 saturated heterocycles. The second kappa shape index (κ2) is 8.44. The predicted octanol–water partition coefficient (Wildman–Crippen LogP) is 1.74. The summed E-state index contributed by atoms with van der Waals surface area (Å²) < 4.78 is 32.1. The number of nitrogens with zero attached hydrogens (tertiary/aromatic N) is 2. The first-order chi connectivity index (χ1) is 12.6. The van der Waals surface area contributed by atoms with Crippen LogP contribution in [-0.2, 0) is 26.2 Å². The molecule has 3 rings (SSSR count). The van der Waals surface area contributed by atoms with E-state index in [-0.39, 0.29) is 17.4 Å². The van der Waals surface area contributed by atoms with E-state index < -0.39 is 10.0 Å². The number of amides is 1. The van der Waals surface area contributed by atoms with Crippen molar-refractivity contribution in [1.29, 1.82) is 0 Å². The van der Waals surface area contributed by atoms with Gasteiger partial charge in [-0.2, -0.15) is 4.31 Å². The van der Waals surface area contributed by atoms with Crippen LogP contribution in [0.2, 0.25) is 0 Å². The second-order valence-corrected chi connectivity index (χ2v) is 8.01. The van der Waals surface area contributed by atoms with Gasteiger partial charge in [-0.25, -0.2) is 8.42 Å². The quantitative estimate of drug-likeness (QED) is 0.772. The topological polar surface area (TPSA) is 66.9 Å². The van der Waals surface area contributed by atoms with E-state index in [9.17, 15) is 13.2 Å². The highest BCUT2D eigenvalue weighted by atomic mass is 32.2. The van der Waals surface area contributed by atoms with Crippen LogP contribution in [0.25, 0.3) is 0 Å². The first-order valence-electron chi connectivity index (χ1n) is 8.52. The van der Waals surface area contributed by atoms with Crippen molar-refractivity contribution in [3.63, 3.8) is 0 Å². The van der Waals surface area contributed by atoms with E-state index in [0.717, 1.165) is 5.56 Å². The molecular formula is C19H22N2O4S. The van der Waals surface area contributed by atoms with E-state index in [2.05, 4.69) is 0 Å². The van der Waals surface area contributed by atoms with Crippen LogP contribution >= 0.6 is 0 Å². The fourth-order valence-electron chi connectivity index (χ4n) is 2.84. The Morgan fingerprint density at radius 2 is 1.46 bits per heavy atom. The molecule has 0 aliphatic carbocycles. The summed E-state index contributed by atoms with van der Waals surface area (Å²) in [5, 5.41) is 0. The van der Waals surface area contributed by atoms with Crippen LogP contribution in [0.5, 0.6) is 0 Å². The maximum atomic E-state index is 12.6. The normalized spacial score (nSPS) is 15.8. The fraction of sp³-hybridized carbons (Fsp3) is 0.316. The summed E-state index contributed by atoms with van der Waals surface area (Å²) in [5.41, 5.74) is 1.01. The van der Waals surface area contributed by atoms with E-state index >= 15 is 0 Å². The smallest absolute Gasteiger partial charge is 0.248 e. The van der Waals surface area contributed by atoms with Gasteiger partial charge in [-0.1, -0.05) is 48.5 Å². The molecule has 0 N–H and O–H groups in total. The van der Waals surface area contributed by atoms with Crippen LogP contribution in [-0.4, -0.2) is 56.3 Å². The van der Waals surface area contributed by atoms with Gasteiger partial charge >= 0.3 is 0 Å². The number of piperazine rings is 1. The van der Waals surface area contributed by atoms with Gasteiger partial charge in [0.05, 0.1) is 11.5 Å². The van der Waals surface area contributed by atoms with Crippen LogP contribution < -0.4 is 0 Å². The summed E-state index contributed by atoms with van der Waals surface area (Å²) in [7, 11) is -3.50. The second-order valence-electron chi connectivity index (χ2n) is 6.08. The number of ether oxygens (including phenoxy) is 1.